The highest BCUT2D eigenvalue weighted by Gasteiger charge is 2.10. The highest BCUT2D eigenvalue weighted by molar-refractivity contribution is 14.1. The molecule has 12 heavy (non-hydrogen) atoms. The van der Waals surface area contributed by atoms with E-state index in [-0.39, 0.29) is 5.02 Å². The van der Waals surface area contributed by atoms with Crippen LogP contribution in [0.1, 0.15) is 0 Å². The fourth-order valence-electron chi connectivity index (χ4n) is 1.01. The van der Waals surface area contributed by atoms with Gasteiger partial charge in [-0.3, -0.25) is 5.10 Å². The Morgan fingerprint density at radius 2 is 2.25 bits per heavy atom. The average Bonchev–Trinajstić information content (AvgIpc) is 2.41. The van der Waals surface area contributed by atoms with E-state index in [4.69, 9.17) is 11.6 Å². The molecule has 2 aromatic rings. The van der Waals surface area contributed by atoms with E-state index in [1.54, 1.807) is 6.07 Å². The molecule has 1 heterocycles. The molecular weight excluding hydrogens is 293 g/mol. The lowest BCUT2D eigenvalue weighted by atomic mass is 10.2. The van der Waals surface area contributed by atoms with Gasteiger partial charge < -0.3 is 0 Å². The average molecular weight is 296 g/mol. The van der Waals surface area contributed by atoms with Crippen molar-refractivity contribution in [2.45, 2.75) is 0 Å². The first-order chi connectivity index (χ1) is 5.70. The summed E-state index contributed by atoms with van der Waals surface area (Å²) < 4.78 is 14.0. The number of nitrogens with one attached hydrogen (secondary N) is 1. The first-order valence-corrected chi connectivity index (χ1v) is 4.63. The number of rotatable bonds is 0. The van der Waals surface area contributed by atoms with Crippen LogP contribution < -0.4 is 0 Å². The Labute approximate surface area is 86.2 Å². The Balaban J connectivity index is 2.96. The topological polar surface area (TPSA) is 28.7 Å². The minimum Gasteiger partial charge on any atom is -0.271 e. The molecule has 62 valence electrons. The molecular formula is C7H3ClFIN2. The summed E-state index contributed by atoms with van der Waals surface area (Å²) in [5.74, 6) is -0.410. The van der Waals surface area contributed by atoms with Crippen LogP contribution in [-0.4, -0.2) is 10.2 Å². The van der Waals surface area contributed by atoms with Crippen molar-refractivity contribution in [3.8, 4) is 0 Å². The van der Waals surface area contributed by atoms with E-state index in [1.807, 2.05) is 22.6 Å². The van der Waals surface area contributed by atoms with E-state index in [0.29, 0.717) is 14.6 Å². The summed E-state index contributed by atoms with van der Waals surface area (Å²) in [6.07, 6.45) is 0. The molecule has 2 nitrogen and oxygen atoms in total. The lowest BCUT2D eigenvalue weighted by Gasteiger charge is -1.93. The maximum absolute atomic E-state index is 13.3. The minimum absolute atomic E-state index is 0.127. The summed E-state index contributed by atoms with van der Waals surface area (Å²) in [4.78, 5) is 0. The number of H-pyrrole nitrogens is 1. The zero-order valence-corrected chi connectivity index (χ0v) is 8.65. The number of fused-ring (bicyclic) bond motifs is 1. The highest BCUT2D eigenvalue weighted by atomic mass is 127. The van der Waals surface area contributed by atoms with Gasteiger partial charge in [0.05, 0.1) is 15.9 Å². The van der Waals surface area contributed by atoms with Crippen molar-refractivity contribution < 1.29 is 4.39 Å². The van der Waals surface area contributed by atoms with Crippen molar-refractivity contribution in [1.29, 1.82) is 0 Å². The van der Waals surface area contributed by atoms with Gasteiger partial charge in [0.2, 0.25) is 0 Å². The second-order valence-corrected chi connectivity index (χ2v) is 3.78. The lowest BCUT2D eigenvalue weighted by Crippen LogP contribution is -1.79. The predicted octanol–water partition coefficient (Wildman–Crippen LogP) is 2.96. The third-order valence-electron chi connectivity index (χ3n) is 1.57. The van der Waals surface area contributed by atoms with E-state index in [0.717, 1.165) is 0 Å². The number of aromatic nitrogens is 2. The van der Waals surface area contributed by atoms with Crippen molar-refractivity contribution in [3.63, 3.8) is 0 Å². The molecule has 2 rings (SSSR count). The molecule has 1 aromatic heterocycles. The van der Waals surface area contributed by atoms with Gasteiger partial charge >= 0.3 is 0 Å². The Kier molecular flexibility index (Phi) is 1.96. The molecule has 0 atom stereocenters. The summed E-state index contributed by atoms with van der Waals surface area (Å²) in [6, 6.07) is 3.18. The molecule has 0 spiro atoms. The van der Waals surface area contributed by atoms with Crippen molar-refractivity contribution in [3.05, 3.63) is 26.7 Å². The number of halogens is 3. The summed E-state index contributed by atoms with van der Waals surface area (Å²) in [5, 5.41) is 7.16. The van der Waals surface area contributed by atoms with E-state index in [1.165, 1.54) is 6.07 Å². The first-order valence-electron chi connectivity index (χ1n) is 3.17. The fourth-order valence-corrected chi connectivity index (χ4v) is 1.80. The van der Waals surface area contributed by atoms with Gasteiger partial charge in [-0.25, -0.2) is 4.39 Å². The zero-order valence-electron chi connectivity index (χ0n) is 5.74. The SMILES string of the molecule is Fc1c(Cl)ccc2n[nH]c(I)c12. The van der Waals surface area contributed by atoms with Crippen LogP contribution in [0, 0.1) is 9.52 Å². The van der Waals surface area contributed by atoms with E-state index < -0.39 is 5.82 Å². The van der Waals surface area contributed by atoms with Gasteiger partial charge in [0, 0.05) is 0 Å². The monoisotopic (exact) mass is 296 g/mol. The fraction of sp³-hybridized carbons (Fsp3) is 0. The third kappa shape index (κ3) is 1.09. The molecule has 5 heteroatoms. The lowest BCUT2D eigenvalue weighted by molar-refractivity contribution is 0.640. The first kappa shape index (κ1) is 8.25. The Morgan fingerprint density at radius 1 is 1.50 bits per heavy atom. The maximum Gasteiger partial charge on any atom is 0.153 e. The van der Waals surface area contributed by atoms with Gasteiger partial charge in [0.25, 0.3) is 0 Å². The van der Waals surface area contributed by atoms with E-state index in [9.17, 15) is 4.39 Å². The molecule has 1 N–H and O–H groups in total. The van der Waals surface area contributed by atoms with Crippen molar-refractivity contribution in [2.24, 2.45) is 0 Å². The van der Waals surface area contributed by atoms with E-state index >= 15 is 0 Å². The second kappa shape index (κ2) is 2.85. The Morgan fingerprint density at radius 3 is 3.00 bits per heavy atom. The Hall–Kier alpha value is -0.360. The van der Waals surface area contributed by atoms with Crippen LogP contribution in [0.2, 0.25) is 5.02 Å². The van der Waals surface area contributed by atoms with Crippen LogP contribution in [0.4, 0.5) is 4.39 Å². The maximum atomic E-state index is 13.3. The minimum atomic E-state index is -0.410. The van der Waals surface area contributed by atoms with Crippen LogP contribution in [-0.2, 0) is 0 Å². The normalized spacial score (nSPS) is 10.9. The van der Waals surface area contributed by atoms with Gasteiger partial charge in [-0.05, 0) is 34.7 Å². The molecule has 0 aliphatic carbocycles. The standard InChI is InChI=1S/C7H3ClFIN2/c8-3-1-2-4-5(6(3)9)7(10)12-11-4/h1-2H,(H,11,12). The van der Waals surface area contributed by atoms with Crippen LogP contribution in [0.25, 0.3) is 10.9 Å². The van der Waals surface area contributed by atoms with Gasteiger partial charge in [-0.15, -0.1) is 0 Å². The van der Waals surface area contributed by atoms with Crippen molar-refractivity contribution in [1.82, 2.24) is 10.2 Å². The van der Waals surface area contributed by atoms with Crippen molar-refractivity contribution in [2.75, 3.05) is 0 Å². The van der Waals surface area contributed by atoms with Gasteiger partial charge in [0.1, 0.15) is 3.70 Å². The van der Waals surface area contributed by atoms with Crippen LogP contribution in [0.5, 0.6) is 0 Å². The highest BCUT2D eigenvalue weighted by Crippen LogP contribution is 2.26. The second-order valence-electron chi connectivity index (χ2n) is 2.29. The molecule has 0 amide bonds. The summed E-state index contributed by atoms with van der Waals surface area (Å²) in [6.45, 7) is 0. The molecule has 0 aliphatic heterocycles. The van der Waals surface area contributed by atoms with Crippen LogP contribution in [0.3, 0.4) is 0 Å². The summed E-state index contributed by atoms with van der Waals surface area (Å²) in [7, 11) is 0. The number of benzene rings is 1. The smallest absolute Gasteiger partial charge is 0.153 e. The molecule has 0 bridgehead atoms. The molecule has 0 aliphatic rings. The van der Waals surface area contributed by atoms with Crippen molar-refractivity contribution >= 4 is 45.1 Å². The number of hydrogen-bond acceptors (Lipinski definition) is 1. The summed E-state index contributed by atoms with van der Waals surface area (Å²) >= 11 is 7.58. The number of aromatic amines is 1. The van der Waals surface area contributed by atoms with Gasteiger partial charge in [-0.1, -0.05) is 11.6 Å². The van der Waals surface area contributed by atoms with E-state index in [2.05, 4.69) is 10.2 Å². The predicted molar refractivity (Wildman–Crippen MR) is 53.8 cm³/mol. The molecule has 0 radical (unpaired) electrons. The largest absolute Gasteiger partial charge is 0.271 e. The molecule has 1 aromatic carbocycles. The molecule has 0 saturated heterocycles. The van der Waals surface area contributed by atoms with Crippen LogP contribution in [0.15, 0.2) is 12.1 Å². The molecule has 0 saturated carbocycles. The summed E-state index contributed by atoms with van der Waals surface area (Å²) in [5.41, 5.74) is 0.598. The number of hydrogen-bond donors (Lipinski definition) is 1. The van der Waals surface area contributed by atoms with Crippen LogP contribution >= 0.6 is 34.2 Å². The van der Waals surface area contributed by atoms with Gasteiger partial charge in [0.15, 0.2) is 5.82 Å². The Bertz CT molecular complexity index is 440. The quantitative estimate of drug-likeness (QED) is 0.744. The third-order valence-corrected chi connectivity index (χ3v) is 2.64. The van der Waals surface area contributed by atoms with Gasteiger partial charge in [-0.2, -0.15) is 5.10 Å². The molecule has 0 unspecified atom stereocenters. The molecule has 0 fully saturated rings. The number of nitrogens with zero attached hydrogens (tertiary/aromatic N) is 1. The zero-order chi connectivity index (χ0) is 8.72.